The van der Waals surface area contributed by atoms with E-state index in [1.165, 1.54) is 5.56 Å². The Balaban J connectivity index is 1.59. The van der Waals surface area contributed by atoms with Crippen LogP contribution in [0.2, 0.25) is 5.02 Å². The van der Waals surface area contributed by atoms with Gasteiger partial charge < -0.3 is 10.6 Å². The summed E-state index contributed by atoms with van der Waals surface area (Å²) in [7, 11) is 0. The summed E-state index contributed by atoms with van der Waals surface area (Å²) in [5.74, 6) is 0.829. The number of hydrogen-bond donors (Lipinski definition) is 2. The minimum Gasteiger partial charge on any atom is -0.352 e. The van der Waals surface area contributed by atoms with Crippen LogP contribution in [0.5, 0.6) is 0 Å². The second-order valence-electron chi connectivity index (χ2n) is 4.89. The van der Waals surface area contributed by atoms with Crippen molar-refractivity contribution < 1.29 is 0 Å². The Morgan fingerprint density at radius 2 is 2.05 bits per heavy atom. The van der Waals surface area contributed by atoms with Gasteiger partial charge in [0.25, 0.3) is 0 Å². The molecule has 3 nitrogen and oxygen atoms in total. The quantitative estimate of drug-likeness (QED) is 0.867. The highest BCUT2D eigenvalue weighted by atomic mass is 79.9. The third-order valence-electron chi connectivity index (χ3n) is 3.40. The standard InChI is InChI=1S/C16H15BrClN3/c17-14-7-6-13(18)8-12(14)9-19-16-20-10-15(21-16)11-4-2-1-3-5-11/h1-8,15H,9-10H2,(H2,19,20,21). The predicted molar refractivity (Wildman–Crippen MR) is 90.6 cm³/mol. The summed E-state index contributed by atoms with van der Waals surface area (Å²) in [5.41, 5.74) is 2.36. The van der Waals surface area contributed by atoms with E-state index in [1.54, 1.807) is 0 Å². The Morgan fingerprint density at radius 1 is 1.24 bits per heavy atom. The summed E-state index contributed by atoms with van der Waals surface area (Å²) in [5, 5.41) is 7.45. The Labute approximate surface area is 137 Å². The van der Waals surface area contributed by atoms with Gasteiger partial charge in [0.1, 0.15) is 0 Å². The molecule has 0 aliphatic carbocycles. The molecule has 0 bridgehead atoms. The van der Waals surface area contributed by atoms with Crippen molar-refractivity contribution >= 4 is 33.5 Å². The first-order chi connectivity index (χ1) is 10.2. The molecule has 21 heavy (non-hydrogen) atoms. The normalized spacial score (nSPS) is 17.2. The first-order valence-corrected chi connectivity index (χ1v) is 7.93. The molecule has 1 atom stereocenters. The van der Waals surface area contributed by atoms with Gasteiger partial charge >= 0.3 is 0 Å². The van der Waals surface area contributed by atoms with Crippen molar-refractivity contribution in [2.45, 2.75) is 12.6 Å². The zero-order valence-electron chi connectivity index (χ0n) is 11.3. The van der Waals surface area contributed by atoms with Crippen LogP contribution in [-0.2, 0) is 6.54 Å². The van der Waals surface area contributed by atoms with E-state index < -0.39 is 0 Å². The molecule has 5 heteroatoms. The third-order valence-corrected chi connectivity index (χ3v) is 4.41. The Hall–Kier alpha value is -1.52. The van der Waals surface area contributed by atoms with Crippen LogP contribution < -0.4 is 10.6 Å². The third kappa shape index (κ3) is 3.57. The summed E-state index contributed by atoms with van der Waals surface area (Å²) in [6.45, 7) is 1.43. The highest BCUT2D eigenvalue weighted by molar-refractivity contribution is 9.10. The van der Waals surface area contributed by atoms with Crippen molar-refractivity contribution in [1.82, 2.24) is 10.6 Å². The van der Waals surface area contributed by atoms with Gasteiger partial charge in [-0.15, -0.1) is 0 Å². The highest BCUT2D eigenvalue weighted by Crippen LogP contribution is 2.21. The smallest absolute Gasteiger partial charge is 0.192 e. The molecule has 1 heterocycles. The predicted octanol–water partition coefficient (Wildman–Crippen LogP) is 3.89. The lowest BCUT2D eigenvalue weighted by Gasteiger charge is -2.13. The number of nitrogens with one attached hydrogen (secondary N) is 2. The average molecular weight is 365 g/mol. The summed E-state index contributed by atoms with van der Waals surface area (Å²) in [4.78, 5) is 4.51. The second kappa shape index (κ2) is 6.50. The van der Waals surface area contributed by atoms with Crippen LogP contribution in [0.1, 0.15) is 17.2 Å². The molecule has 2 aromatic rings. The summed E-state index contributed by atoms with van der Waals surface area (Å²) in [6, 6.07) is 16.4. The van der Waals surface area contributed by atoms with E-state index in [0.29, 0.717) is 6.54 Å². The summed E-state index contributed by atoms with van der Waals surface area (Å²) >= 11 is 9.55. The van der Waals surface area contributed by atoms with Crippen molar-refractivity contribution in [2.75, 3.05) is 6.54 Å². The minimum atomic E-state index is 0.247. The maximum Gasteiger partial charge on any atom is 0.192 e. The van der Waals surface area contributed by atoms with Crippen molar-refractivity contribution in [2.24, 2.45) is 4.99 Å². The van der Waals surface area contributed by atoms with E-state index in [9.17, 15) is 0 Å². The van der Waals surface area contributed by atoms with Gasteiger partial charge in [-0.2, -0.15) is 0 Å². The molecule has 2 N–H and O–H groups in total. The van der Waals surface area contributed by atoms with E-state index >= 15 is 0 Å². The Morgan fingerprint density at radius 3 is 2.86 bits per heavy atom. The lowest BCUT2D eigenvalue weighted by atomic mass is 10.1. The molecular weight excluding hydrogens is 350 g/mol. The number of aliphatic imine (C=N–C) groups is 1. The topological polar surface area (TPSA) is 36.4 Å². The maximum atomic E-state index is 6.02. The monoisotopic (exact) mass is 363 g/mol. The van der Waals surface area contributed by atoms with E-state index in [4.69, 9.17) is 11.6 Å². The fraction of sp³-hybridized carbons (Fsp3) is 0.188. The fourth-order valence-corrected chi connectivity index (χ4v) is 2.86. The second-order valence-corrected chi connectivity index (χ2v) is 6.18. The fourth-order valence-electron chi connectivity index (χ4n) is 2.28. The maximum absolute atomic E-state index is 6.02. The molecule has 0 fully saturated rings. The molecule has 108 valence electrons. The first-order valence-electron chi connectivity index (χ1n) is 6.76. The van der Waals surface area contributed by atoms with E-state index in [1.807, 2.05) is 36.4 Å². The number of guanidine groups is 1. The van der Waals surface area contributed by atoms with Crippen LogP contribution >= 0.6 is 27.5 Å². The molecule has 0 aromatic heterocycles. The van der Waals surface area contributed by atoms with Gasteiger partial charge in [-0.3, -0.25) is 4.99 Å². The number of hydrogen-bond acceptors (Lipinski definition) is 3. The number of halogens is 2. The van der Waals surface area contributed by atoms with Gasteiger partial charge in [-0.25, -0.2) is 0 Å². The van der Waals surface area contributed by atoms with Gasteiger partial charge in [0, 0.05) is 16.0 Å². The molecule has 1 aliphatic rings. The van der Waals surface area contributed by atoms with Gasteiger partial charge in [-0.1, -0.05) is 57.9 Å². The zero-order valence-corrected chi connectivity index (χ0v) is 13.7. The molecule has 3 rings (SSSR count). The summed E-state index contributed by atoms with van der Waals surface area (Å²) in [6.07, 6.45) is 0. The zero-order chi connectivity index (χ0) is 14.7. The molecule has 1 unspecified atom stereocenters. The van der Waals surface area contributed by atoms with Crippen LogP contribution in [0, 0.1) is 0 Å². The molecule has 0 amide bonds. The van der Waals surface area contributed by atoms with E-state index in [2.05, 4.69) is 43.7 Å². The molecular formula is C16H15BrClN3. The van der Waals surface area contributed by atoms with Crippen LogP contribution in [-0.4, -0.2) is 12.5 Å². The van der Waals surface area contributed by atoms with Crippen LogP contribution in [0.15, 0.2) is 58.0 Å². The lowest BCUT2D eigenvalue weighted by Crippen LogP contribution is -2.34. The van der Waals surface area contributed by atoms with Gasteiger partial charge in [-0.05, 0) is 29.3 Å². The Kier molecular flexibility index (Phi) is 4.46. The van der Waals surface area contributed by atoms with Crippen molar-refractivity contribution in [3.05, 3.63) is 69.2 Å². The number of rotatable bonds is 3. The minimum absolute atomic E-state index is 0.247. The van der Waals surface area contributed by atoms with Crippen LogP contribution in [0.25, 0.3) is 0 Å². The lowest BCUT2D eigenvalue weighted by molar-refractivity contribution is 0.697. The van der Waals surface area contributed by atoms with Gasteiger partial charge in [0.05, 0.1) is 12.6 Å². The SMILES string of the molecule is Clc1ccc(Br)c(CNC2=NCC(c3ccccc3)N2)c1. The van der Waals surface area contributed by atoms with E-state index in [-0.39, 0.29) is 6.04 Å². The van der Waals surface area contributed by atoms with E-state index in [0.717, 1.165) is 27.6 Å². The van der Waals surface area contributed by atoms with Crippen molar-refractivity contribution in [1.29, 1.82) is 0 Å². The summed E-state index contributed by atoms with van der Waals surface area (Å²) < 4.78 is 1.04. The first kappa shape index (κ1) is 14.4. The van der Waals surface area contributed by atoms with Crippen molar-refractivity contribution in [3.63, 3.8) is 0 Å². The van der Waals surface area contributed by atoms with Crippen LogP contribution in [0.3, 0.4) is 0 Å². The number of nitrogens with zero attached hydrogens (tertiary/aromatic N) is 1. The van der Waals surface area contributed by atoms with Crippen molar-refractivity contribution in [3.8, 4) is 0 Å². The molecule has 0 spiro atoms. The molecule has 2 aromatic carbocycles. The molecule has 0 radical (unpaired) electrons. The number of benzene rings is 2. The van der Waals surface area contributed by atoms with Crippen LogP contribution in [0.4, 0.5) is 0 Å². The van der Waals surface area contributed by atoms with Gasteiger partial charge in [0.15, 0.2) is 5.96 Å². The largest absolute Gasteiger partial charge is 0.352 e. The molecule has 0 saturated carbocycles. The molecule has 0 saturated heterocycles. The average Bonchev–Trinajstić information content (AvgIpc) is 2.98. The highest BCUT2D eigenvalue weighted by Gasteiger charge is 2.18. The Bertz CT molecular complexity index is 658. The van der Waals surface area contributed by atoms with Gasteiger partial charge in [0.2, 0.25) is 0 Å². The molecule has 1 aliphatic heterocycles.